The third-order valence-electron chi connectivity index (χ3n) is 6.92. The van der Waals surface area contributed by atoms with E-state index in [1.165, 1.54) is 0 Å². The van der Waals surface area contributed by atoms with Gasteiger partial charge in [0.2, 0.25) is 0 Å². The number of morpholine rings is 1. The second-order valence-corrected chi connectivity index (χ2v) is 10.2. The summed E-state index contributed by atoms with van der Waals surface area (Å²) in [6.45, 7) is 1.50. The summed E-state index contributed by atoms with van der Waals surface area (Å²) in [5.74, 6) is 7.42. The molecule has 2 heterocycles. The van der Waals surface area contributed by atoms with Crippen LogP contribution in [0.3, 0.4) is 0 Å². The molecule has 2 aliphatic rings. The number of hydrogen-bond donors (Lipinski definition) is 2. The van der Waals surface area contributed by atoms with Gasteiger partial charge in [0.05, 0.1) is 18.5 Å². The van der Waals surface area contributed by atoms with Crippen molar-refractivity contribution < 1.29 is 22.3 Å². The van der Waals surface area contributed by atoms with Gasteiger partial charge in [-0.15, -0.1) is 0 Å². The van der Waals surface area contributed by atoms with Crippen molar-refractivity contribution in [2.24, 2.45) is 11.6 Å². The second kappa shape index (κ2) is 11.4. The second-order valence-electron chi connectivity index (χ2n) is 9.73. The average Bonchev–Trinajstić information content (AvgIpc) is 3.26. The molecule has 4 N–H and O–H groups in total. The molecule has 2 atom stereocenters. The molecule has 1 saturated carbocycles. The van der Waals surface area contributed by atoms with Crippen molar-refractivity contribution in [3.63, 3.8) is 0 Å². The standard InChI is InChI=1S/C25H33ClF3N5O2/c1-16-11-32-24(36-16)18-4-8-20(9-5-18)34-13-23(22(30)12-33(31)15-25(27,28)29)35-14-21(34)10-17-2-6-19(26)7-3-17/h2-3,6-7,11-12,18,20-21,23H,4-5,8-10,13-15,30-31H2,1H3/b22-12-/t18?,20?,21-,23+/m0/s1. The Bertz CT molecular complexity index is 1020. The number of hydrazine groups is 1. The number of halogens is 4. The first-order chi connectivity index (χ1) is 17.1. The van der Waals surface area contributed by atoms with Crippen LogP contribution in [0.1, 0.15) is 48.8 Å². The first kappa shape index (κ1) is 26.8. The average molecular weight is 528 g/mol. The Morgan fingerprint density at radius 1 is 1.22 bits per heavy atom. The number of alkyl halides is 3. The number of ether oxygens (including phenoxy) is 1. The van der Waals surface area contributed by atoms with Crippen molar-refractivity contribution >= 4 is 11.6 Å². The summed E-state index contributed by atoms with van der Waals surface area (Å²) in [5.41, 5.74) is 7.48. The number of oxazole rings is 1. The number of nitrogens with zero attached hydrogens (tertiary/aromatic N) is 3. The Labute approximate surface area is 214 Å². The van der Waals surface area contributed by atoms with Crippen molar-refractivity contribution in [3.05, 3.63) is 64.6 Å². The Balaban J connectivity index is 1.46. The van der Waals surface area contributed by atoms with E-state index >= 15 is 0 Å². The van der Waals surface area contributed by atoms with E-state index in [1.54, 1.807) is 6.20 Å². The Morgan fingerprint density at radius 2 is 1.92 bits per heavy atom. The van der Waals surface area contributed by atoms with Gasteiger partial charge in [0.1, 0.15) is 18.4 Å². The molecule has 0 unspecified atom stereocenters. The molecule has 0 spiro atoms. The van der Waals surface area contributed by atoms with Gasteiger partial charge in [-0.2, -0.15) is 13.2 Å². The number of hydrogen-bond acceptors (Lipinski definition) is 7. The van der Waals surface area contributed by atoms with Gasteiger partial charge in [-0.1, -0.05) is 23.7 Å². The molecule has 198 valence electrons. The first-order valence-corrected chi connectivity index (χ1v) is 12.5. The molecule has 1 saturated heterocycles. The molecule has 1 aliphatic carbocycles. The molecule has 1 aromatic carbocycles. The highest BCUT2D eigenvalue weighted by molar-refractivity contribution is 6.30. The lowest BCUT2D eigenvalue weighted by molar-refractivity contribution is -0.141. The lowest BCUT2D eigenvalue weighted by Crippen LogP contribution is -2.56. The van der Waals surface area contributed by atoms with Crippen LogP contribution >= 0.6 is 11.6 Å². The van der Waals surface area contributed by atoms with Gasteiger partial charge in [-0.3, -0.25) is 4.90 Å². The maximum Gasteiger partial charge on any atom is 0.407 e. The summed E-state index contributed by atoms with van der Waals surface area (Å²) >= 11 is 6.05. The molecule has 2 aromatic rings. The monoisotopic (exact) mass is 527 g/mol. The van der Waals surface area contributed by atoms with E-state index in [0.29, 0.717) is 29.1 Å². The highest BCUT2D eigenvalue weighted by Crippen LogP contribution is 2.36. The summed E-state index contributed by atoms with van der Waals surface area (Å²) in [5, 5.41) is 1.24. The molecule has 4 rings (SSSR count). The van der Waals surface area contributed by atoms with E-state index in [1.807, 2.05) is 31.2 Å². The van der Waals surface area contributed by atoms with Crippen LogP contribution in [0.15, 0.2) is 46.8 Å². The van der Waals surface area contributed by atoms with Gasteiger partial charge in [-0.05, 0) is 56.7 Å². The van der Waals surface area contributed by atoms with Gasteiger partial charge in [0, 0.05) is 35.8 Å². The normalized spacial score (nSPS) is 26.2. The minimum absolute atomic E-state index is 0.102. The van der Waals surface area contributed by atoms with Crippen LogP contribution in [0.25, 0.3) is 0 Å². The number of aryl methyl sites for hydroxylation is 1. The van der Waals surface area contributed by atoms with E-state index in [0.717, 1.165) is 55.5 Å². The van der Waals surface area contributed by atoms with Gasteiger partial charge < -0.3 is 19.9 Å². The number of nitrogens with two attached hydrogens (primary N) is 2. The minimum atomic E-state index is -4.42. The predicted octanol–water partition coefficient (Wildman–Crippen LogP) is 4.51. The fourth-order valence-electron chi connectivity index (χ4n) is 5.18. The molecular weight excluding hydrogens is 495 g/mol. The molecule has 2 fully saturated rings. The Kier molecular flexibility index (Phi) is 8.49. The number of rotatable bonds is 7. The molecule has 7 nitrogen and oxygen atoms in total. The molecule has 11 heteroatoms. The molecule has 1 aliphatic heterocycles. The zero-order chi connectivity index (χ0) is 25.9. The van der Waals surface area contributed by atoms with E-state index in [2.05, 4.69) is 9.88 Å². The van der Waals surface area contributed by atoms with Gasteiger partial charge in [0.25, 0.3) is 0 Å². The maximum absolute atomic E-state index is 12.7. The third-order valence-corrected chi connectivity index (χ3v) is 7.17. The zero-order valence-electron chi connectivity index (χ0n) is 20.3. The van der Waals surface area contributed by atoms with E-state index in [4.69, 9.17) is 32.3 Å². The van der Waals surface area contributed by atoms with E-state index < -0.39 is 18.8 Å². The Hall–Kier alpha value is -2.27. The fraction of sp³-hybridized carbons (Fsp3) is 0.560. The summed E-state index contributed by atoms with van der Waals surface area (Å²) in [6.07, 6.45) is 2.49. The fourth-order valence-corrected chi connectivity index (χ4v) is 5.30. The van der Waals surface area contributed by atoms with Crippen molar-refractivity contribution in [2.45, 2.75) is 69.3 Å². The van der Waals surface area contributed by atoms with Crippen molar-refractivity contribution in [2.75, 3.05) is 19.7 Å². The van der Waals surface area contributed by atoms with Crippen LogP contribution in [0.5, 0.6) is 0 Å². The van der Waals surface area contributed by atoms with Crippen LogP contribution in [0.4, 0.5) is 13.2 Å². The quantitative estimate of drug-likeness (QED) is 0.404. The minimum Gasteiger partial charge on any atom is -0.446 e. The largest absolute Gasteiger partial charge is 0.446 e. The summed E-state index contributed by atoms with van der Waals surface area (Å²) < 4.78 is 49.9. The zero-order valence-corrected chi connectivity index (χ0v) is 21.0. The smallest absolute Gasteiger partial charge is 0.407 e. The number of aromatic nitrogens is 1. The lowest BCUT2D eigenvalue weighted by Gasteiger charge is -2.46. The highest BCUT2D eigenvalue weighted by Gasteiger charge is 2.38. The maximum atomic E-state index is 12.7. The topological polar surface area (TPSA) is 93.8 Å². The SMILES string of the molecule is Cc1cnc(C2CCC(N3C[C@H](/C(N)=C/N(N)CC(F)(F)F)OC[C@@H]3Cc3ccc(Cl)cc3)CC2)o1. The van der Waals surface area contributed by atoms with E-state index in [9.17, 15) is 13.2 Å². The van der Waals surface area contributed by atoms with Gasteiger partial charge in [-0.25, -0.2) is 10.8 Å². The Morgan fingerprint density at radius 3 is 2.53 bits per heavy atom. The van der Waals surface area contributed by atoms with E-state index in [-0.39, 0.29) is 17.8 Å². The van der Waals surface area contributed by atoms with Gasteiger partial charge >= 0.3 is 6.18 Å². The summed E-state index contributed by atoms with van der Waals surface area (Å²) in [7, 11) is 0. The molecule has 36 heavy (non-hydrogen) atoms. The summed E-state index contributed by atoms with van der Waals surface area (Å²) in [6, 6.07) is 8.14. The van der Waals surface area contributed by atoms with Crippen molar-refractivity contribution in [3.8, 4) is 0 Å². The molecule has 0 radical (unpaired) electrons. The molecular formula is C25H33ClF3N5O2. The lowest BCUT2D eigenvalue weighted by atomic mass is 9.84. The first-order valence-electron chi connectivity index (χ1n) is 12.2. The predicted molar refractivity (Wildman–Crippen MR) is 131 cm³/mol. The van der Waals surface area contributed by atoms with Crippen LogP contribution in [-0.4, -0.2) is 59.0 Å². The third kappa shape index (κ3) is 7.15. The molecule has 0 bridgehead atoms. The highest BCUT2D eigenvalue weighted by atomic mass is 35.5. The van der Waals surface area contributed by atoms with Crippen LogP contribution < -0.4 is 11.6 Å². The van der Waals surface area contributed by atoms with Crippen molar-refractivity contribution in [1.82, 2.24) is 14.9 Å². The van der Waals surface area contributed by atoms with Crippen LogP contribution in [0.2, 0.25) is 5.02 Å². The summed E-state index contributed by atoms with van der Waals surface area (Å²) in [4.78, 5) is 6.82. The van der Waals surface area contributed by atoms with Crippen LogP contribution in [-0.2, 0) is 11.2 Å². The van der Waals surface area contributed by atoms with Crippen LogP contribution in [0, 0.1) is 6.92 Å². The number of benzene rings is 1. The molecule has 1 aromatic heterocycles. The molecule has 0 amide bonds. The van der Waals surface area contributed by atoms with Gasteiger partial charge in [0.15, 0.2) is 5.89 Å². The van der Waals surface area contributed by atoms with Crippen molar-refractivity contribution in [1.29, 1.82) is 0 Å².